The summed E-state index contributed by atoms with van der Waals surface area (Å²) >= 11 is 0. The van der Waals surface area contributed by atoms with Crippen molar-refractivity contribution >= 4 is 16.8 Å². The predicted molar refractivity (Wildman–Crippen MR) is 102 cm³/mol. The van der Waals surface area contributed by atoms with Crippen LogP contribution in [-0.4, -0.2) is 29.4 Å². The number of carbonyl (C=O) groups excluding carboxylic acids is 1. The Hall–Kier alpha value is -2.95. The summed E-state index contributed by atoms with van der Waals surface area (Å²) in [6.45, 7) is 2.52. The number of methoxy groups -OCH3 is 1. The number of amides is 1. The van der Waals surface area contributed by atoms with Gasteiger partial charge < -0.3 is 9.64 Å². The molecule has 0 bridgehead atoms. The minimum Gasteiger partial charge on any atom is -0.497 e. The Labute approximate surface area is 157 Å². The molecule has 1 aromatic heterocycles. The molecule has 0 radical (unpaired) electrons. The van der Waals surface area contributed by atoms with Crippen LogP contribution in [0.15, 0.2) is 48.5 Å². The predicted octanol–water partition coefficient (Wildman–Crippen LogP) is 4.67. The first kappa shape index (κ1) is 17.5. The van der Waals surface area contributed by atoms with Crippen molar-refractivity contribution in [1.82, 2.24) is 9.88 Å². The Balaban J connectivity index is 1.67. The van der Waals surface area contributed by atoms with Gasteiger partial charge in [-0.05, 0) is 55.7 Å². The highest BCUT2D eigenvalue weighted by atomic mass is 19.1. The summed E-state index contributed by atoms with van der Waals surface area (Å²) in [6, 6.07) is 14.2. The van der Waals surface area contributed by atoms with Crippen LogP contribution in [0.3, 0.4) is 0 Å². The van der Waals surface area contributed by atoms with Gasteiger partial charge in [-0.2, -0.15) is 0 Å². The van der Waals surface area contributed by atoms with E-state index in [1.54, 1.807) is 20.1 Å². The topological polar surface area (TPSA) is 42.4 Å². The quantitative estimate of drug-likeness (QED) is 0.678. The van der Waals surface area contributed by atoms with Crippen molar-refractivity contribution in [1.29, 1.82) is 0 Å². The maximum Gasteiger partial charge on any atom is 0.256 e. The van der Waals surface area contributed by atoms with E-state index in [1.165, 1.54) is 12.1 Å². The van der Waals surface area contributed by atoms with E-state index in [2.05, 4.69) is 4.98 Å². The maximum atomic E-state index is 13.4. The third-order valence-corrected chi connectivity index (χ3v) is 5.21. The van der Waals surface area contributed by atoms with Crippen LogP contribution in [0.2, 0.25) is 0 Å². The first-order valence-electron chi connectivity index (χ1n) is 9.08. The van der Waals surface area contributed by atoms with E-state index >= 15 is 0 Å². The number of rotatable bonds is 3. The van der Waals surface area contributed by atoms with Crippen molar-refractivity contribution in [3.63, 3.8) is 0 Å². The highest BCUT2D eigenvalue weighted by molar-refractivity contribution is 5.99. The lowest BCUT2D eigenvalue weighted by Gasteiger charge is -2.26. The minimum atomic E-state index is -0.326. The fraction of sp³-hybridized carbons (Fsp3) is 0.273. The van der Waals surface area contributed by atoms with Gasteiger partial charge in [0.05, 0.1) is 29.9 Å². The van der Waals surface area contributed by atoms with Gasteiger partial charge in [-0.25, -0.2) is 4.39 Å². The number of fused-ring (bicyclic) bond motifs is 1. The van der Waals surface area contributed by atoms with E-state index in [0.29, 0.717) is 16.8 Å². The van der Waals surface area contributed by atoms with Crippen LogP contribution in [0.1, 0.15) is 40.5 Å². The van der Waals surface area contributed by atoms with E-state index in [1.807, 2.05) is 35.2 Å². The lowest BCUT2D eigenvalue weighted by molar-refractivity contribution is 0.0734. The molecule has 2 aromatic carbocycles. The van der Waals surface area contributed by atoms with Gasteiger partial charge in [-0.3, -0.25) is 9.78 Å². The lowest BCUT2D eigenvalue weighted by atomic mass is 10.0. The number of ether oxygens (including phenoxy) is 1. The number of hydrogen-bond donors (Lipinski definition) is 0. The number of halogens is 1. The first-order chi connectivity index (χ1) is 13.1. The van der Waals surface area contributed by atoms with Crippen molar-refractivity contribution in [3.8, 4) is 5.75 Å². The Morgan fingerprint density at radius 1 is 1.19 bits per heavy atom. The third-order valence-electron chi connectivity index (χ3n) is 5.21. The van der Waals surface area contributed by atoms with Crippen molar-refractivity contribution < 1.29 is 13.9 Å². The van der Waals surface area contributed by atoms with Crippen molar-refractivity contribution in [2.45, 2.75) is 25.8 Å². The van der Waals surface area contributed by atoms with Crippen LogP contribution in [0.4, 0.5) is 4.39 Å². The van der Waals surface area contributed by atoms with Gasteiger partial charge in [0.15, 0.2) is 0 Å². The normalized spacial score (nSPS) is 16.7. The SMILES string of the molecule is COc1ccc(C2CCCN2C(=O)c2cc3ccc(F)cc3nc2C)cc1. The molecular weight excluding hydrogens is 343 g/mol. The number of carbonyl (C=O) groups is 1. The molecule has 0 N–H and O–H groups in total. The lowest BCUT2D eigenvalue weighted by Crippen LogP contribution is -2.31. The summed E-state index contributed by atoms with van der Waals surface area (Å²) in [5.74, 6) is 0.452. The average Bonchev–Trinajstić information content (AvgIpc) is 3.16. The molecule has 1 amide bonds. The smallest absolute Gasteiger partial charge is 0.256 e. The molecule has 1 atom stereocenters. The Morgan fingerprint density at radius 3 is 2.70 bits per heavy atom. The summed E-state index contributed by atoms with van der Waals surface area (Å²) in [4.78, 5) is 19.6. The molecule has 1 fully saturated rings. The van der Waals surface area contributed by atoms with Crippen molar-refractivity contribution in [2.24, 2.45) is 0 Å². The molecular formula is C22H21FN2O2. The first-order valence-corrected chi connectivity index (χ1v) is 9.08. The van der Waals surface area contributed by atoms with Gasteiger partial charge in [0.2, 0.25) is 0 Å². The number of aryl methyl sites for hydroxylation is 1. The molecule has 27 heavy (non-hydrogen) atoms. The largest absolute Gasteiger partial charge is 0.497 e. The Morgan fingerprint density at radius 2 is 1.96 bits per heavy atom. The van der Waals surface area contributed by atoms with Crippen LogP contribution in [-0.2, 0) is 0 Å². The molecule has 0 saturated carbocycles. The number of aromatic nitrogens is 1. The van der Waals surface area contributed by atoms with E-state index < -0.39 is 0 Å². The van der Waals surface area contributed by atoms with Gasteiger partial charge in [0, 0.05) is 18.0 Å². The molecule has 1 saturated heterocycles. The van der Waals surface area contributed by atoms with Crippen LogP contribution in [0, 0.1) is 12.7 Å². The Bertz CT molecular complexity index is 1000. The van der Waals surface area contributed by atoms with E-state index in [9.17, 15) is 9.18 Å². The third kappa shape index (κ3) is 3.25. The summed E-state index contributed by atoms with van der Waals surface area (Å²) in [6.07, 6.45) is 1.90. The van der Waals surface area contributed by atoms with Crippen molar-refractivity contribution in [2.75, 3.05) is 13.7 Å². The van der Waals surface area contributed by atoms with E-state index in [4.69, 9.17) is 4.74 Å². The minimum absolute atomic E-state index is 0.0236. The molecule has 4 nitrogen and oxygen atoms in total. The molecule has 0 spiro atoms. The standard InChI is InChI=1S/C22H21FN2O2/c1-14-19(12-16-5-8-17(23)13-20(16)24-14)22(26)25-11-3-4-21(25)15-6-9-18(27-2)10-7-15/h5-10,12-13,21H,3-4,11H2,1-2H3. The zero-order chi connectivity index (χ0) is 19.0. The van der Waals surface area contributed by atoms with Gasteiger partial charge >= 0.3 is 0 Å². The summed E-state index contributed by atoms with van der Waals surface area (Å²) in [7, 11) is 1.64. The number of likely N-dealkylation sites (tertiary alicyclic amines) is 1. The molecule has 1 aliphatic rings. The van der Waals surface area contributed by atoms with Crippen LogP contribution < -0.4 is 4.74 Å². The Kier molecular flexibility index (Phi) is 4.52. The van der Waals surface area contributed by atoms with Crippen molar-refractivity contribution in [3.05, 3.63) is 71.2 Å². The second-order valence-electron chi connectivity index (χ2n) is 6.89. The van der Waals surface area contributed by atoms with Crippen LogP contribution >= 0.6 is 0 Å². The molecule has 3 aromatic rings. The van der Waals surface area contributed by atoms with E-state index in [0.717, 1.165) is 36.1 Å². The molecule has 1 unspecified atom stereocenters. The monoisotopic (exact) mass is 364 g/mol. The summed E-state index contributed by atoms with van der Waals surface area (Å²) in [5.41, 5.74) is 2.88. The molecule has 1 aliphatic heterocycles. The number of nitrogens with zero attached hydrogens (tertiary/aromatic N) is 2. The molecule has 0 aliphatic carbocycles. The molecule has 2 heterocycles. The van der Waals surface area contributed by atoms with Crippen LogP contribution in [0.25, 0.3) is 10.9 Å². The highest BCUT2D eigenvalue weighted by Gasteiger charge is 2.31. The van der Waals surface area contributed by atoms with Gasteiger partial charge in [-0.1, -0.05) is 12.1 Å². The maximum absolute atomic E-state index is 13.4. The van der Waals surface area contributed by atoms with Gasteiger partial charge in [0.25, 0.3) is 5.91 Å². The zero-order valence-electron chi connectivity index (χ0n) is 15.4. The van der Waals surface area contributed by atoms with E-state index in [-0.39, 0.29) is 17.8 Å². The number of benzene rings is 2. The van der Waals surface area contributed by atoms with Crippen LogP contribution in [0.5, 0.6) is 5.75 Å². The molecule has 138 valence electrons. The zero-order valence-corrected chi connectivity index (χ0v) is 15.4. The summed E-state index contributed by atoms with van der Waals surface area (Å²) in [5, 5.41) is 0.769. The highest BCUT2D eigenvalue weighted by Crippen LogP contribution is 2.34. The number of pyridine rings is 1. The fourth-order valence-electron chi connectivity index (χ4n) is 3.79. The number of hydrogen-bond acceptors (Lipinski definition) is 3. The van der Waals surface area contributed by atoms with Gasteiger partial charge in [0.1, 0.15) is 11.6 Å². The fourth-order valence-corrected chi connectivity index (χ4v) is 3.79. The summed E-state index contributed by atoms with van der Waals surface area (Å²) < 4.78 is 18.7. The van der Waals surface area contributed by atoms with Gasteiger partial charge in [-0.15, -0.1) is 0 Å². The molecule has 5 heteroatoms. The second kappa shape index (κ2) is 6.99. The second-order valence-corrected chi connectivity index (χ2v) is 6.89. The molecule has 4 rings (SSSR count). The average molecular weight is 364 g/mol.